The minimum Gasteiger partial charge on any atom is -0.497 e. The van der Waals surface area contributed by atoms with Crippen LogP contribution >= 0.6 is 22.9 Å². The first-order valence-electron chi connectivity index (χ1n) is 6.68. The molecule has 0 aliphatic rings. The summed E-state index contributed by atoms with van der Waals surface area (Å²) in [6.07, 6.45) is 0. The number of para-hydroxylation sites is 1. The van der Waals surface area contributed by atoms with Gasteiger partial charge in [-0.1, -0.05) is 29.8 Å². The lowest BCUT2D eigenvalue weighted by Gasteiger charge is -2.07. The van der Waals surface area contributed by atoms with E-state index >= 15 is 0 Å². The number of ether oxygens (including phenoxy) is 1. The Labute approximate surface area is 134 Å². The Morgan fingerprint density at radius 3 is 2.77 bits per heavy atom. The molecule has 0 aliphatic carbocycles. The third kappa shape index (κ3) is 1.88. The predicted octanol–water partition coefficient (Wildman–Crippen LogP) is 4.62. The highest BCUT2D eigenvalue weighted by molar-refractivity contribution is 7.25. The van der Waals surface area contributed by atoms with E-state index in [1.54, 1.807) is 13.2 Å². The van der Waals surface area contributed by atoms with E-state index in [1.807, 2.05) is 36.4 Å². The Morgan fingerprint density at radius 2 is 1.95 bits per heavy atom. The highest BCUT2D eigenvalue weighted by atomic mass is 35.5. The molecule has 4 aromatic rings. The van der Waals surface area contributed by atoms with Crippen molar-refractivity contribution in [1.29, 1.82) is 0 Å². The minimum absolute atomic E-state index is 0.0387. The molecule has 2 aromatic carbocycles. The summed E-state index contributed by atoms with van der Waals surface area (Å²) in [5, 5.41) is 2.46. The summed E-state index contributed by atoms with van der Waals surface area (Å²) in [6.45, 7) is 0. The normalized spacial score (nSPS) is 11.4. The van der Waals surface area contributed by atoms with E-state index in [2.05, 4.69) is 4.98 Å². The standard InChI is InChI=1S/C17H10ClNO2S/c1-21-9-6-7-13-11(8-9)15(20)14-10-4-2-3-5-12(10)19-17(18)16(14)22-13/h2-8H,1H3. The Bertz CT molecular complexity index is 1100. The fraction of sp³-hybridized carbons (Fsp3) is 0.0588. The van der Waals surface area contributed by atoms with E-state index in [9.17, 15) is 4.79 Å². The molecule has 0 amide bonds. The van der Waals surface area contributed by atoms with Crippen molar-refractivity contribution < 1.29 is 4.74 Å². The molecule has 0 unspecified atom stereocenters. The summed E-state index contributed by atoms with van der Waals surface area (Å²) in [5.41, 5.74) is 0.690. The van der Waals surface area contributed by atoms with Crippen LogP contribution in [0.3, 0.4) is 0 Å². The van der Waals surface area contributed by atoms with E-state index in [4.69, 9.17) is 16.3 Å². The van der Waals surface area contributed by atoms with Crippen molar-refractivity contribution in [3.63, 3.8) is 0 Å². The third-order valence-electron chi connectivity index (χ3n) is 3.68. The first kappa shape index (κ1) is 13.5. The highest BCUT2D eigenvalue weighted by Gasteiger charge is 2.14. The van der Waals surface area contributed by atoms with Gasteiger partial charge in [-0.3, -0.25) is 4.79 Å². The molecule has 0 aliphatic heterocycles. The van der Waals surface area contributed by atoms with E-state index in [1.165, 1.54) is 11.3 Å². The number of methoxy groups -OCH3 is 1. The summed E-state index contributed by atoms with van der Waals surface area (Å²) in [5.74, 6) is 0.667. The van der Waals surface area contributed by atoms with Gasteiger partial charge in [0.25, 0.3) is 0 Å². The number of pyridine rings is 1. The van der Waals surface area contributed by atoms with Gasteiger partial charge in [-0.2, -0.15) is 0 Å². The van der Waals surface area contributed by atoms with Gasteiger partial charge in [0.2, 0.25) is 0 Å². The second kappa shape index (κ2) is 4.93. The van der Waals surface area contributed by atoms with Crippen molar-refractivity contribution in [2.75, 3.05) is 7.11 Å². The number of benzene rings is 2. The molecule has 0 fully saturated rings. The van der Waals surface area contributed by atoms with Crippen molar-refractivity contribution in [3.05, 3.63) is 57.8 Å². The fourth-order valence-corrected chi connectivity index (χ4v) is 3.98. The van der Waals surface area contributed by atoms with Crippen LogP contribution in [0.5, 0.6) is 5.75 Å². The van der Waals surface area contributed by atoms with Crippen molar-refractivity contribution in [1.82, 2.24) is 4.98 Å². The molecule has 0 atom stereocenters. The number of hydrogen-bond donors (Lipinski definition) is 0. The summed E-state index contributed by atoms with van der Waals surface area (Å²) in [4.78, 5) is 17.4. The first-order chi connectivity index (χ1) is 10.7. The van der Waals surface area contributed by atoms with Gasteiger partial charge in [0.1, 0.15) is 10.9 Å². The summed E-state index contributed by atoms with van der Waals surface area (Å²) >= 11 is 7.78. The van der Waals surface area contributed by atoms with Crippen LogP contribution in [0.4, 0.5) is 0 Å². The number of nitrogens with zero attached hydrogens (tertiary/aromatic N) is 1. The van der Waals surface area contributed by atoms with Crippen LogP contribution in [0, 0.1) is 0 Å². The fourth-order valence-electron chi connectivity index (χ4n) is 2.63. The second-order valence-electron chi connectivity index (χ2n) is 4.92. The molecule has 0 N–H and O–H groups in total. The van der Waals surface area contributed by atoms with Crippen LogP contribution < -0.4 is 10.2 Å². The van der Waals surface area contributed by atoms with Gasteiger partial charge in [0.15, 0.2) is 5.43 Å². The average molecular weight is 328 g/mol. The largest absolute Gasteiger partial charge is 0.497 e. The van der Waals surface area contributed by atoms with E-state index in [0.29, 0.717) is 21.7 Å². The van der Waals surface area contributed by atoms with Gasteiger partial charge in [-0.15, -0.1) is 11.3 Å². The molecule has 0 radical (unpaired) electrons. The molecule has 2 heterocycles. The summed E-state index contributed by atoms with van der Waals surface area (Å²) in [6, 6.07) is 13.0. The van der Waals surface area contributed by atoms with Crippen molar-refractivity contribution in [3.8, 4) is 5.75 Å². The smallest absolute Gasteiger partial charge is 0.196 e. The van der Waals surface area contributed by atoms with E-state index in [0.717, 1.165) is 20.3 Å². The maximum Gasteiger partial charge on any atom is 0.196 e. The SMILES string of the molecule is COc1ccc2sc3c(Cl)nc4ccccc4c3c(=O)c2c1. The van der Waals surface area contributed by atoms with Crippen molar-refractivity contribution in [2.45, 2.75) is 0 Å². The van der Waals surface area contributed by atoms with Crippen LogP contribution in [0.25, 0.3) is 31.1 Å². The van der Waals surface area contributed by atoms with E-state index in [-0.39, 0.29) is 5.43 Å². The molecular weight excluding hydrogens is 318 g/mol. The lowest BCUT2D eigenvalue weighted by atomic mass is 10.1. The molecule has 3 nitrogen and oxygen atoms in total. The number of aromatic nitrogens is 1. The number of hydrogen-bond acceptors (Lipinski definition) is 4. The molecule has 22 heavy (non-hydrogen) atoms. The minimum atomic E-state index is -0.0387. The lowest BCUT2D eigenvalue weighted by Crippen LogP contribution is -2.03. The van der Waals surface area contributed by atoms with Gasteiger partial charge in [-0.05, 0) is 24.3 Å². The molecule has 0 saturated carbocycles. The Morgan fingerprint density at radius 1 is 1.14 bits per heavy atom. The Kier molecular flexibility index (Phi) is 3.03. The van der Waals surface area contributed by atoms with E-state index < -0.39 is 0 Å². The molecule has 5 heteroatoms. The van der Waals surface area contributed by atoms with Gasteiger partial charge in [-0.25, -0.2) is 4.98 Å². The monoisotopic (exact) mass is 327 g/mol. The molecule has 0 bridgehead atoms. The predicted molar refractivity (Wildman–Crippen MR) is 92.5 cm³/mol. The van der Waals surface area contributed by atoms with Gasteiger partial charge >= 0.3 is 0 Å². The van der Waals surface area contributed by atoms with Gasteiger partial charge in [0.05, 0.1) is 22.7 Å². The summed E-state index contributed by atoms with van der Waals surface area (Å²) in [7, 11) is 1.59. The zero-order chi connectivity index (χ0) is 15.3. The van der Waals surface area contributed by atoms with Crippen molar-refractivity contribution >= 4 is 54.0 Å². The number of halogens is 1. The lowest BCUT2D eigenvalue weighted by molar-refractivity contribution is 0.415. The molecule has 108 valence electrons. The van der Waals surface area contributed by atoms with Crippen LogP contribution in [-0.4, -0.2) is 12.1 Å². The van der Waals surface area contributed by atoms with Gasteiger partial charge in [0, 0.05) is 15.5 Å². The molecular formula is C17H10ClNO2S. The molecule has 2 aromatic heterocycles. The maximum absolute atomic E-state index is 13.0. The van der Waals surface area contributed by atoms with Crippen LogP contribution in [0.15, 0.2) is 47.3 Å². The number of fused-ring (bicyclic) bond motifs is 4. The number of rotatable bonds is 1. The second-order valence-corrected chi connectivity index (χ2v) is 6.33. The molecule has 0 saturated heterocycles. The van der Waals surface area contributed by atoms with Crippen LogP contribution in [0.2, 0.25) is 5.15 Å². The van der Waals surface area contributed by atoms with Crippen LogP contribution in [-0.2, 0) is 0 Å². The maximum atomic E-state index is 13.0. The third-order valence-corrected chi connectivity index (χ3v) is 5.24. The summed E-state index contributed by atoms with van der Waals surface area (Å²) < 4.78 is 6.83. The Hall–Kier alpha value is -2.17. The zero-order valence-corrected chi connectivity index (χ0v) is 13.2. The highest BCUT2D eigenvalue weighted by Crippen LogP contribution is 2.34. The zero-order valence-electron chi connectivity index (χ0n) is 11.6. The van der Waals surface area contributed by atoms with Crippen LogP contribution in [0.1, 0.15) is 0 Å². The van der Waals surface area contributed by atoms with Gasteiger partial charge < -0.3 is 4.74 Å². The molecule has 0 spiro atoms. The molecule has 4 rings (SSSR count). The quantitative estimate of drug-likeness (QED) is 0.291. The topological polar surface area (TPSA) is 39.2 Å². The average Bonchev–Trinajstić information content (AvgIpc) is 2.55. The first-order valence-corrected chi connectivity index (χ1v) is 7.87. The van der Waals surface area contributed by atoms with Crippen molar-refractivity contribution in [2.24, 2.45) is 0 Å². The Balaban J connectivity index is 2.30.